The van der Waals surface area contributed by atoms with Crippen molar-refractivity contribution in [2.45, 2.75) is 32.0 Å². The molecule has 0 radical (unpaired) electrons. The second kappa shape index (κ2) is 7.02. The van der Waals surface area contributed by atoms with E-state index >= 15 is 0 Å². The summed E-state index contributed by atoms with van der Waals surface area (Å²) in [6.07, 6.45) is 2.52. The molecule has 1 aromatic heterocycles. The molecule has 0 bridgehead atoms. The fourth-order valence-corrected chi connectivity index (χ4v) is 3.45. The van der Waals surface area contributed by atoms with Crippen LogP contribution < -0.4 is 5.32 Å². The van der Waals surface area contributed by atoms with Crippen LogP contribution >= 0.6 is 11.3 Å². The molecule has 2 aromatic rings. The van der Waals surface area contributed by atoms with Crippen LogP contribution in [0, 0.1) is 0 Å². The quantitative estimate of drug-likeness (QED) is 0.905. The van der Waals surface area contributed by atoms with Crippen LogP contribution in [0.2, 0.25) is 0 Å². The van der Waals surface area contributed by atoms with Gasteiger partial charge in [-0.05, 0) is 42.9 Å². The highest BCUT2D eigenvalue weighted by molar-refractivity contribution is 7.09. The molecule has 1 aliphatic rings. The van der Waals surface area contributed by atoms with Gasteiger partial charge < -0.3 is 5.32 Å². The van der Waals surface area contributed by atoms with Crippen molar-refractivity contribution < 1.29 is 0 Å². The lowest BCUT2D eigenvalue weighted by atomic mass is 10.0. The van der Waals surface area contributed by atoms with Crippen LogP contribution in [-0.2, 0) is 13.1 Å². The molecule has 3 rings (SSSR count). The van der Waals surface area contributed by atoms with Gasteiger partial charge in [-0.15, -0.1) is 11.3 Å². The van der Waals surface area contributed by atoms with E-state index in [-0.39, 0.29) is 0 Å². The predicted molar refractivity (Wildman–Crippen MR) is 85.9 cm³/mol. The van der Waals surface area contributed by atoms with Crippen LogP contribution in [0.1, 0.15) is 23.3 Å². The minimum absolute atomic E-state index is 0.684. The van der Waals surface area contributed by atoms with Gasteiger partial charge in [0.05, 0.1) is 0 Å². The lowest BCUT2D eigenvalue weighted by molar-refractivity contribution is 0.190. The van der Waals surface area contributed by atoms with E-state index in [0.29, 0.717) is 6.04 Å². The minimum Gasteiger partial charge on any atom is -0.309 e. The molecular formula is C17H22N2S. The lowest BCUT2D eigenvalue weighted by Crippen LogP contribution is -2.41. The molecule has 0 aliphatic carbocycles. The molecule has 1 aromatic carbocycles. The molecule has 0 spiro atoms. The monoisotopic (exact) mass is 286 g/mol. The molecule has 0 amide bonds. The Balaban J connectivity index is 1.40. The summed E-state index contributed by atoms with van der Waals surface area (Å²) in [6.45, 7) is 4.54. The van der Waals surface area contributed by atoms with Crippen molar-refractivity contribution in [3.8, 4) is 0 Å². The number of piperidine rings is 1. The van der Waals surface area contributed by atoms with Crippen LogP contribution in [0.15, 0.2) is 47.8 Å². The standard InChI is InChI=1S/C17H22N2S/c1-2-5-15(6-3-1)14-19-10-8-16(9-11-19)18-13-17-7-4-12-20-17/h1-7,12,16,18H,8-11,13-14H2. The van der Waals surface area contributed by atoms with Crippen molar-refractivity contribution in [2.75, 3.05) is 13.1 Å². The zero-order valence-corrected chi connectivity index (χ0v) is 12.6. The number of hydrogen-bond donors (Lipinski definition) is 1. The highest BCUT2D eigenvalue weighted by Gasteiger charge is 2.18. The summed E-state index contributed by atoms with van der Waals surface area (Å²) < 4.78 is 0. The van der Waals surface area contributed by atoms with E-state index in [0.717, 1.165) is 13.1 Å². The molecule has 1 N–H and O–H groups in total. The summed E-state index contributed by atoms with van der Waals surface area (Å²) >= 11 is 1.84. The number of rotatable bonds is 5. The second-order valence-corrected chi connectivity index (χ2v) is 6.53. The van der Waals surface area contributed by atoms with Crippen molar-refractivity contribution in [3.63, 3.8) is 0 Å². The van der Waals surface area contributed by atoms with Gasteiger partial charge in [0.2, 0.25) is 0 Å². The molecule has 1 saturated heterocycles. The van der Waals surface area contributed by atoms with Crippen LogP contribution in [-0.4, -0.2) is 24.0 Å². The van der Waals surface area contributed by atoms with Crippen molar-refractivity contribution in [1.29, 1.82) is 0 Å². The van der Waals surface area contributed by atoms with Gasteiger partial charge in [0.1, 0.15) is 0 Å². The lowest BCUT2D eigenvalue weighted by Gasteiger charge is -2.32. The first-order valence-corrected chi connectivity index (χ1v) is 8.30. The van der Waals surface area contributed by atoms with E-state index in [2.05, 4.69) is 58.1 Å². The van der Waals surface area contributed by atoms with E-state index in [1.807, 2.05) is 11.3 Å². The molecule has 3 heteroatoms. The zero-order valence-electron chi connectivity index (χ0n) is 11.8. The number of likely N-dealkylation sites (tertiary alicyclic amines) is 1. The van der Waals surface area contributed by atoms with Crippen molar-refractivity contribution in [2.24, 2.45) is 0 Å². The number of thiophene rings is 1. The first-order chi connectivity index (χ1) is 9.90. The van der Waals surface area contributed by atoms with Crippen molar-refractivity contribution in [3.05, 3.63) is 58.3 Å². The third kappa shape index (κ3) is 3.92. The summed E-state index contributed by atoms with van der Waals surface area (Å²) in [5, 5.41) is 5.84. The van der Waals surface area contributed by atoms with Crippen LogP contribution in [0.25, 0.3) is 0 Å². The average Bonchev–Trinajstić information content (AvgIpc) is 3.01. The SMILES string of the molecule is c1ccc(CN2CCC(NCc3cccs3)CC2)cc1. The second-order valence-electron chi connectivity index (χ2n) is 5.50. The Bertz CT molecular complexity index is 487. The third-order valence-electron chi connectivity index (χ3n) is 3.98. The van der Waals surface area contributed by atoms with Gasteiger partial charge in [-0.1, -0.05) is 36.4 Å². The van der Waals surface area contributed by atoms with Crippen molar-refractivity contribution >= 4 is 11.3 Å². The summed E-state index contributed by atoms with van der Waals surface area (Å²) in [5.74, 6) is 0. The molecule has 0 atom stereocenters. The van der Waals surface area contributed by atoms with Crippen LogP contribution in [0.5, 0.6) is 0 Å². The van der Waals surface area contributed by atoms with Crippen LogP contribution in [0.3, 0.4) is 0 Å². The summed E-state index contributed by atoms with van der Waals surface area (Å²) in [4.78, 5) is 4.01. The maximum Gasteiger partial charge on any atom is 0.0302 e. The van der Waals surface area contributed by atoms with Gasteiger partial charge in [0, 0.05) is 24.0 Å². The third-order valence-corrected chi connectivity index (χ3v) is 4.86. The summed E-state index contributed by atoms with van der Waals surface area (Å²) in [7, 11) is 0. The molecule has 0 unspecified atom stereocenters. The fourth-order valence-electron chi connectivity index (χ4n) is 2.79. The largest absolute Gasteiger partial charge is 0.309 e. The summed E-state index contributed by atoms with van der Waals surface area (Å²) in [5.41, 5.74) is 1.43. The molecule has 0 saturated carbocycles. The number of nitrogens with zero attached hydrogens (tertiary/aromatic N) is 1. The van der Waals surface area contributed by atoms with E-state index in [4.69, 9.17) is 0 Å². The van der Waals surface area contributed by atoms with Crippen molar-refractivity contribution in [1.82, 2.24) is 10.2 Å². The molecular weight excluding hydrogens is 264 g/mol. The van der Waals surface area contributed by atoms with Gasteiger partial charge >= 0.3 is 0 Å². The Morgan fingerprint density at radius 1 is 1.05 bits per heavy atom. The van der Waals surface area contributed by atoms with Gasteiger partial charge in [0.15, 0.2) is 0 Å². The molecule has 106 valence electrons. The van der Waals surface area contributed by atoms with E-state index < -0.39 is 0 Å². The first-order valence-electron chi connectivity index (χ1n) is 7.42. The predicted octanol–water partition coefficient (Wildman–Crippen LogP) is 3.50. The summed E-state index contributed by atoms with van der Waals surface area (Å²) in [6, 6.07) is 15.8. The molecule has 2 heterocycles. The maximum atomic E-state index is 3.69. The Labute approximate surface area is 125 Å². The Morgan fingerprint density at radius 2 is 1.85 bits per heavy atom. The van der Waals surface area contributed by atoms with Gasteiger partial charge in [-0.25, -0.2) is 0 Å². The molecule has 1 fully saturated rings. The highest BCUT2D eigenvalue weighted by atomic mass is 32.1. The van der Waals surface area contributed by atoms with Gasteiger partial charge in [-0.2, -0.15) is 0 Å². The van der Waals surface area contributed by atoms with E-state index in [1.165, 1.54) is 36.4 Å². The van der Waals surface area contributed by atoms with Crippen LogP contribution in [0.4, 0.5) is 0 Å². The van der Waals surface area contributed by atoms with Gasteiger partial charge in [0.25, 0.3) is 0 Å². The Morgan fingerprint density at radius 3 is 2.55 bits per heavy atom. The Kier molecular flexibility index (Phi) is 4.85. The zero-order chi connectivity index (χ0) is 13.6. The van der Waals surface area contributed by atoms with Gasteiger partial charge in [-0.3, -0.25) is 4.90 Å². The first kappa shape index (κ1) is 13.8. The smallest absolute Gasteiger partial charge is 0.0302 e. The average molecular weight is 286 g/mol. The molecule has 20 heavy (non-hydrogen) atoms. The molecule has 1 aliphatic heterocycles. The number of benzene rings is 1. The highest BCUT2D eigenvalue weighted by Crippen LogP contribution is 2.15. The Hall–Kier alpha value is -1.16. The fraction of sp³-hybridized carbons (Fsp3) is 0.412. The van der Waals surface area contributed by atoms with E-state index in [1.54, 1.807) is 0 Å². The molecule has 2 nitrogen and oxygen atoms in total. The minimum atomic E-state index is 0.684. The maximum absolute atomic E-state index is 3.69. The number of nitrogens with one attached hydrogen (secondary N) is 1. The number of hydrogen-bond acceptors (Lipinski definition) is 3. The van der Waals surface area contributed by atoms with E-state index in [9.17, 15) is 0 Å². The normalized spacial score (nSPS) is 17.4. The topological polar surface area (TPSA) is 15.3 Å².